The molecule has 1 heterocycles. The lowest BCUT2D eigenvalue weighted by molar-refractivity contribution is -0.134. The van der Waals surface area contributed by atoms with Crippen molar-refractivity contribution in [3.8, 4) is 0 Å². The van der Waals surface area contributed by atoms with Gasteiger partial charge in [0, 0.05) is 26.6 Å². The SMILES string of the molecule is FC(F)(F)CC(Br)c1ccc2[nH]c3ccccc3c2c1. The van der Waals surface area contributed by atoms with E-state index in [1.807, 2.05) is 36.4 Å². The predicted molar refractivity (Wildman–Crippen MR) is 78.1 cm³/mol. The van der Waals surface area contributed by atoms with Gasteiger partial charge < -0.3 is 4.98 Å². The van der Waals surface area contributed by atoms with E-state index in [2.05, 4.69) is 20.9 Å². The largest absolute Gasteiger partial charge is 0.390 e. The predicted octanol–water partition coefficient (Wildman–Crippen LogP) is 5.71. The highest BCUT2D eigenvalue weighted by atomic mass is 79.9. The van der Waals surface area contributed by atoms with Crippen molar-refractivity contribution in [3.05, 3.63) is 48.0 Å². The average Bonchev–Trinajstić information content (AvgIpc) is 2.74. The number of fused-ring (bicyclic) bond motifs is 3. The molecule has 2 aromatic carbocycles. The van der Waals surface area contributed by atoms with Gasteiger partial charge in [0.2, 0.25) is 0 Å². The van der Waals surface area contributed by atoms with Crippen LogP contribution in [0.2, 0.25) is 0 Å². The highest BCUT2D eigenvalue weighted by molar-refractivity contribution is 9.09. The molecule has 0 aliphatic heterocycles. The van der Waals surface area contributed by atoms with Crippen LogP contribution in [-0.4, -0.2) is 11.2 Å². The Morgan fingerprint density at radius 2 is 1.70 bits per heavy atom. The Bertz CT molecular complexity index is 760. The number of nitrogens with one attached hydrogen (secondary N) is 1. The van der Waals surface area contributed by atoms with Crippen LogP contribution in [0.1, 0.15) is 16.8 Å². The van der Waals surface area contributed by atoms with Gasteiger partial charge in [0.25, 0.3) is 0 Å². The number of hydrogen-bond donors (Lipinski definition) is 1. The van der Waals surface area contributed by atoms with E-state index < -0.39 is 17.4 Å². The molecule has 1 aromatic heterocycles. The van der Waals surface area contributed by atoms with Crippen molar-refractivity contribution in [1.29, 1.82) is 0 Å². The molecule has 20 heavy (non-hydrogen) atoms. The fraction of sp³-hybridized carbons (Fsp3) is 0.200. The Kier molecular flexibility index (Phi) is 3.24. The summed E-state index contributed by atoms with van der Waals surface area (Å²) in [7, 11) is 0. The molecule has 5 heteroatoms. The molecule has 0 radical (unpaired) electrons. The fourth-order valence-corrected chi connectivity index (χ4v) is 3.03. The molecule has 1 N–H and O–H groups in total. The van der Waals surface area contributed by atoms with Crippen LogP contribution in [0.3, 0.4) is 0 Å². The molecule has 0 bridgehead atoms. The second kappa shape index (κ2) is 4.81. The van der Waals surface area contributed by atoms with Gasteiger partial charge in [0.05, 0.1) is 6.42 Å². The van der Waals surface area contributed by atoms with Crippen molar-refractivity contribution in [1.82, 2.24) is 4.98 Å². The molecule has 1 unspecified atom stereocenters. The molecule has 0 saturated heterocycles. The number of aromatic amines is 1. The summed E-state index contributed by atoms with van der Waals surface area (Å²) in [4.78, 5) is 2.53. The number of halogens is 4. The van der Waals surface area contributed by atoms with E-state index in [4.69, 9.17) is 0 Å². The minimum Gasteiger partial charge on any atom is -0.355 e. The van der Waals surface area contributed by atoms with Gasteiger partial charge in [-0.05, 0) is 23.8 Å². The Morgan fingerprint density at radius 1 is 1.00 bits per heavy atom. The van der Waals surface area contributed by atoms with Crippen LogP contribution in [0, 0.1) is 0 Å². The summed E-state index contributed by atoms with van der Waals surface area (Å²) in [5.74, 6) is 0. The maximum atomic E-state index is 12.5. The summed E-state index contributed by atoms with van der Waals surface area (Å²) in [6, 6.07) is 13.1. The molecule has 1 atom stereocenters. The fourth-order valence-electron chi connectivity index (χ4n) is 2.38. The third-order valence-corrected chi connectivity index (χ3v) is 4.15. The van der Waals surface area contributed by atoms with Crippen LogP contribution in [0.4, 0.5) is 13.2 Å². The first-order valence-corrected chi connectivity index (χ1v) is 7.07. The van der Waals surface area contributed by atoms with Crippen molar-refractivity contribution in [2.45, 2.75) is 17.4 Å². The number of aromatic nitrogens is 1. The number of rotatable bonds is 2. The second-order valence-electron chi connectivity index (χ2n) is 4.76. The second-order valence-corrected chi connectivity index (χ2v) is 5.87. The van der Waals surface area contributed by atoms with Crippen LogP contribution in [-0.2, 0) is 0 Å². The van der Waals surface area contributed by atoms with E-state index >= 15 is 0 Å². The topological polar surface area (TPSA) is 15.8 Å². The van der Waals surface area contributed by atoms with Crippen LogP contribution in [0.15, 0.2) is 42.5 Å². The number of alkyl halides is 4. The quantitative estimate of drug-likeness (QED) is 0.574. The third kappa shape index (κ3) is 2.54. The zero-order chi connectivity index (χ0) is 14.3. The summed E-state index contributed by atoms with van der Waals surface area (Å²) in [5, 5.41) is 1.97. The van der Waals surface area contributed by atoms with E-state index in [9.17, 15) is 13.2 Å². The average molecular weight is 342 g/mol. The third-order valence-electron chi connectivity index (χ3n) is 3.30. The van der Waals surface area contributed by atoms with Gasteiger partial charge in [-0.25, -0.2) is 0 Å². The van der Waals surface area contributed by atoms with Crippen LogP contribution in [0.5, 0.6) is 0 Å². The molecule has 0 amide bonds. The molecule has 0 saturated carbocycles. The molecule has 0 aliphatic rings. The lowest BCUT2D eigenvalue weighted by atomic mass is 10.1. The van der Waals surface area contributed by atoms with Crippen LogP contribution < -0.4 is 0 Å². The van der Waals surface area contributed by atoms with Crippen molar-refractivity contribution >= 4 is 37.7 Å². The first kappa shape index (κ1) is 13.5. The summed E-state index contributed by atoms with van der Waals surface area (Å²) >= 11 is 3.13. The van der Waals surface area contributed by atoms with Crippen molar-refractivity contribution < 1.29 is 13.2 Å². The van der Waals surface area contributed by atoms with Crippen molar-refractivity contribution in [2.75, 3.05) is 0 Å². The Balaban J connectivity index is 2.07. The Morgan fingerprint density at radius 3 is 2.45 bits per heavy atom. The van der Waals surface area contributed by atoms with Crippen LogP contribution in [0.25, 0.3) is 21.8 Å². The van der Waals surface area contributed by atoms with Crippen molar-refractivity contribution in [2.24, 2.45) is 0 Å². The first-order chi connectivity index (χ1) is 9.44. The van der Waals surface area contributed by atoms with Crippen LogP contribution >= 0.6 is 15.9 Å². The molecular weight excluding hydrogens is 331 g/mol. The first-order valence-electron chi connectivity index (χ1n) is 6.15. The highest BCUT2D eigenvalue weighted by Crippen LogP contribution is 2.37. The zero-order valence-corrected chi connectivity index (χ0v) is 11.9. The van der Waals surface area contributed by atoms with Gasteiger partial charge in [0.1, 0.15) is 0 Å². The Hall–Kier alpha value is -1.49. The molecule has 0 aliphatic carbocycles. The number of benzene rings is 2. The number of para-hydroxylation sites is 1. The van der Waals surface area contributed by atoms with E-state index in [0.29, 0.717) is 5.56 Å². The minimum atomic E-state index is -4.18. The summed E-state index contributed by atoms with van der Waals surface area (Å²) in [6.07, 6.45) is -5.05. The maximum absolute atomic E-state index is 12.5. The van der Waals surface area contributed by atoms with E-state index in [1.165, 1.54) is 0 Å². The van der Waals surface area contributed by atoms with Crippen molar-refractivity contribution in [3.63, 3.8) is 0 Å². The molecule has 3 aromatic rings. The number of hydrogen-bond acceptors (Lipinski definition) is 0. The van der Waals surface area contributed by atoms with E-state index in [1.54, 1.807) is 6.07 Å². The van der Waals surface area contributed by atoms with E-state index in [-0.39, 0.29) is 0 Å². The Labute approximate surface area is 121 Å². The zero-order valence-electron chi connectivity index (χ0n) is 10.3. The molecule has 0 spiro atoms. The van der Waals surface area contributed by atoms with Gasteiger partial charge in [0.15, 0.2) is 0 Å². The summed E-state index contributed by atoms with van der Waals surface area (Å²) < 4.78 is 37.4. The monoisotopic (exact) mass is 341 g/mol. The summed E-state index contributed by atoms with van der Waals surface area (Å²) in [5.41, 5.74) is 2.56. The smallest absolute Gasteiger partial charge is 0.355 e. The highest BCUT2D eigenvalue weighted by Gasteiger charge is 2.31. The minimum absolute atomic E-state index is 0.638. The standard InChI is InChI=1S/C15H11BrF3N/c16-12(8-15(17,18)19)9-5-6-14-11(7-9)10-3-1-2-4-13(10)20-14/h1-7,12,20H,8H2. The van der Waals surface area contributed by atoms with E-state index in [0.717, 1.165) is 21.8 Å². The van der Waals surface area contributed by atoms with Gasteiger partial charge in [-0.15, -0.1) is 0 Å². The lowest BCUT2D eigenvalue weighted by Gasteiger charge is -2.13. The lowest BCUT2D eigenvalue weighted by Crippen LogP contribution is -2.10. The molecule has 1 nitrogen and oxygen atoms in total. The molecule has 104 valence electrons. The van der Waals surface area contributed by atoms with Gasteiger partial charge in [-0.3, -0.25) is 0 Å². The van der Waals surface area contributed by atoms with Gasteiger partial charge in [-0.1, -0.05) is 40.2 Å². The number of H-pyrrole nitrogens is 1. The molecular formula is C15H11BrF3N. The van der Waals surface area contributed by atoms with Gasteiger partial charge >= 0.3 is 6.18 Å². The van der Waals surface area contributed by atoms with Gasteiger partial charge in [-0.2, -0.15) is 13.2 Å². The molecule has 3 rings (SSSR count). The summed E-state index contributed by atoms with van der Waals surface area (Å²) in [6.45, 7) is 0. The molecule has 0 fully saturated rings. The normalized spacial score (nSPS) is 14.0. The maximum Gasteiger partial charge on any atom is 0.390 e.